The molecule has 0 aliphatic heterocycles. The van der Waals surface area contributed by atoms with E-state index >= 15 is 0 Å². The summed E-state index contributed by atoms with van der Waals surface area (Å²) >= 11 is 2.27. The molecule has 2 rings (SSSR count). The zero-order valence-corrected chi connectivity index (χ0v) is 11.9. The van der Waals surface area contributed by atoms with Gasteiger partial charge >= 0.3 is 0 Å². The van der Waals surface area contributed by atoms with Crippen LogP contribution in [0.4, 0.5) is 0 Å². The SMILES string of the molecule is CCOCCn1cc(-c2ccccc2)c(I)n1. The smallest absolute Gasteiger partial charge is 0.131 e. The molecule has 0 spiro atoms. The third-order valence-electron chi connectivity index (χ3n) is 2.47. The molecule has 0 fully saturated rings. The summed E-state index contributed by atoms with van der Waals surface area (Å²) in [5.74, 6) is 0. The van der Waals surface area contributed by atoms with Crippen molar-refractivity contribution in [2.75, 3.05) is 13.2 Å². The number of halogens is 1. The molecule has 1 aromatic carbocycles. The van der Waals surface area contributed by atoms with Gasteiger partial charge in [0.15, 0.2) is 0 Å². The van der Waals surface area contributed by atoms with Crippen LogP contribution >= 0.6 is 22.6 Å². The molecule has 1 aromatic heterocycles. The van der Waals surface area contributed by atoms with Crippen molar-refractivity contribution in [3.63, 3.8) is 0 Å². The summed E-state index contributed by atoms with van der Waals surface area (Å²) in [6.45, 7) is 4.27. The maximum atomic E-state index is 5.33. The minimum absolute atomic E-state index is 0.711. The summed E-state index contributed by atoms with van der Waals surface area (Å²) in [6.07, 6.45) is 2.08. The molecule has 0 atom stereocenters. The van der Waals surface area contributed by atoms with Gasteiger partial charge in [-0.2, -0.15) is 5.10 Å². The first kappa shape index (κ1) is 12.6. The Bertz CT molecular complexity index is 468. The first-order valence-corrected chi connectivity index (χ1v) is 6.75. The molecule has 90 valence electrons. The molecular formula is C13H15IN2O. The normalized spacial score (nSPS) is 10.7. The highest BCUT2D eigenvalue weighted by atomic mass is 127. The van der Waals surface area contributed by atoms with Crippen molar-refractivity contribution >= 4 is 22.6 Å². The molecule has 17 heavy (non-hydrogen) atoms. The van der Waals surface area contributed by atoms with Crippen LogP contribution in [0.3, 0.4) is 0 Å². The van der Waals surface area contributed by atoms with E-state index in [0.717, 1.165) is 16.9 Å². The van der Waals surface area contributed by atoms with Crippen molar-refractivity contribution in [1.82, 2.24) is 9.78 Å². The number of rotatable bonds is 5. The van der Waals surface area contributed by atoms with Gasteiger partial charge in [0.2, 0.25) is 0 Å². The number of benzene rings is 1. The maximum absolute atomic E-state index is 5.33. The lowest BCUT2D eigenvalue weighted by Gasteiger charge is -2.00. The second-order valence-electron chi connectivity index (χ2n) is 3.66. The Kier molecular flexibility index (Phi) is 4.56. The van der Waals surface area contributed by atoms with Crippen LogP contribution in [0.15, 0.2) is 36.5 Å². The van der Waals surface area contributed by atoms with Gasteiger partial charge in [-0.05, 0) is 35.1 Å². The third kappa shape index (κ3) is 3.29. The molecule has 0 aliphatic carbocycles. The number of aromatic nitrogens is 2. The lowest BCUT2D eigenvalue weighted by atomic mass is 10.1. The Morgan fingerprint density at radius 3 is 2.76 bits per heavy atom. The third-order valence-corrected chi connectivity index (χ3v) is 3.27. The van der Waals surface area contributed by atoms with Gasteiger partial charge in [-0.25, -0.2) is 0 Å². The largest absolute Gasteiger partial charge is 0.380 e. The Balaban J connectivity index is 2.14. The van der Waals surface area contributed by atoms with Crippen LogP contribution < -0.4 is 0 Å². The van der Waals surface area contributed by atoms with Gasteiger partial charge in [0.1, 0.15) is 3.70 Å². The Morgan fingerprint density at radius 2 is 2.06 bits per heavy atom. The monoisotopic (exact) mass is 342 g/mol. The summed E-state index contributed by atoms with van der Waals surface area (Å²) in [5, 5.41) is 4.48. The Labute approximate surface area is 115 Å². The number of hydrogen-bond donors (Lipinski definition) is 0. The highest BCUT2D eigenvalue weighted by Crippen LogP contribution is 2.23. The lowest BCUT2D eigenvalue weighted by molar-refractivity contribution is 0.136. The second kappa shape index (κ2) is 6.16. The van der Waals surface area contributed by atoms with E-state index in [1.165, 1.54) is 11.1 Å². The van der Waals surface area contributed by atoms with Crippen molar-refractivity contribution in [3.05, 3.63) is 40.2 Å². The van der Waals surface area contributed by atoms with E-state index in [-0.39, 0.29) is 0 Å². The van der Waals surface area contributed by atoms with Gasteiger partial charge in [-0.1, -0.05) is 30.3 Å². The molecule has 0 amide bonds. The predicted molar refractivity (Wildman–Crippen MR) is 76.9 cm³/mol. The number of ether oxygens (including phenoxy) is 1. The Morgan fingerprint density at radius 1 is 1.29 bits per heavy atom. The maximum Gasteiger partial charge on any atom is 0.131 e. The van der Waals surface area contributed by atoms with E-state index < -0.39 is 0 Å². The number of hydrogen-bond acceptors (Lipinski definition) is 2. The van der Waals surface area contributed by atoms with Crippen LogP contribution in [-0.4, -0.2) is 23.0 Å². The van der Waals surface area contributed by atoms with Crippen LogP contribution in [0.1, 0.15) is 6.92 Å². The topological polar surface area (TPSA) is 27.1 Å². The molecule has 0 N–H and O–H groups in total. The van der Waals surface area contributed by atoms with Crippen LogP contribution in [0.25, 0.3) is 11.1 Å². The van der Waals surface area contributed by atoms with Gasteiger partial charge < -0.3 is 4.74 Å². The fraction of sp³-hybridized carbons (Fsp3) is 0.308. The molecule has 0 aliphatic rings. The van der Waals surface area contributed by atoms with Crippen molar-refractivity contribution in [1.29, 1.82) is 0 Å². The Hall–Kier alpha value is -0.880. The lowest BCUT2D eigenvalue weighted by Crippen LogP contribution is -2.06. The fourth-order valence-corrected chi connectivity index (χ4v) is 2.35. The molecule has 0 saturated heterocycles. The average Bonchev–Trinajstić information content (AvgIpc) is 2.72. The minimum Gasteiger partial charge on any atom is -0.380 e. The zero-order valence-electron chi connectivity index (χ0n) is 9.77. The van der Waals surface area contributed by atoms with E-state index in [1.54, 1.807) is 0 Å². The molecule has 4 heteroatoms. The molecule has 0 bridgehead atoms. The summed E-state index contributed by atoms with van der Waals surface area (Å²) in [4.78, 5) is 0. The van der Waals surface area contributed by atoms with Crippen molar-refractivity contribution in [3.8, 4) is 11.1 Å². The zero-order chi connectivity index (χ0) is 12.1. The van der Waals surface area contributed by atoms with Crippen LogP contribution in [0.5, 0.6) is 0 Å². The van der Waals surface area contributed by atoms with Crippen LogP contribution in [0.2, 0.25) is 0 Å². The van der Waals surface area contributed by atoms with Gasteiger partial charge in [0.25, 0.3) is 0 Å². The highest BCUT2D eigenvalue weighted by Gasteiger charge is 2.07. The average molecular weight is 342 g/mol. The van der Waals surface area contributed by atoms with E-state index in [1.807, 2.05) is 29.8 Å². The molecule has 0 saturated carbocycles. The standard InChI is InChI=1S/C13H15IN2O/c1-2-17-9-8-16-10-12(13(14)15-16)11-6-4-3-5-7-11/h3-7,10H,2,8-9H2,1H3. The van der Waals surface area contributed by atoms with E-state index in [2.05, 4.69) is 46.0 Å². The molecule has 2 aromatic rings. The van der Waals surface area contributed by atoms with E-state index in [4.69, 9.17) is 4.74 Å². The molecular weight excluding hydrogens is 327 g/mol. The first-order valence-electron chi connectivity index (χ1n) is 5.67. The van der Waals surface area contributed by atoms with Crippen molar-refractivity contribution in [2.24, 2.45) is 0 Å². The van der Waals surface area contributed by atoms with Gasteiger partial charge in [-0.15, -0.1) is 0 Å². The predicted octanol–water partition coefficient (Wildman–Crippen LogP) is 3.19. The summed E-state index contributed by atoms with van der Waals surface area (Å²) < 4.78 is 8.31. The van der Waals surface area contributed by atoms with Gasteiger partial charge in [-0.3, -0.25) is 4.68 Å². The van der Waals surface area contributed by atoms with E-state index in [0.29, 0.717) is 6.61 Å². The highest BCUT2D eigenvalue weighted by molar-refractivity contribution is 14.1. The fourth-order valence-electron chi connectivity index (χ4n) is 1.63. The summed E-state index contributed by atoms with van der Waals surface area (Å²) in [7, 11) is 0. The second-order valence-corrected chi connectivity index (χ2v) is 4.68. The summed E-state index contributed by atoms with van der Waals surface area (Å²) in [5.41, 5.74) is 2.39. The molecule has 0 radical (unpaired) electrons. The minimum atomic E-state index is 0.711. The van der Waals surface area contributed by atoms with Crippen LogP contribution in [-0.2, 0) is 11.3 Å². The molecule has 3 nitrogen and oxygen atoms in total. The van der Waals surface area contributed by atoms with Crippen LogP contribution in [0, 0.1) is 3.70 Å². The molecule has 0 unspecified atom stereocenters. The van der Waals surface area contributed by atoms with Crippen molar-refractivity contribution in [2.45, 2.75) is 13.5 Å². The number of nitrogens with zero attached hydrogens (tertiary/aromatic N) is 2. The first-order chi connectivity index (χ1) is 8.31. The van der Waals surface area contributed by atoms with E-state index in [9.17, 15) is 0 Å². The van der Waals surface area contributed by atoms with Gasteiger partial charge in [0.05, 0.1) is 13.2 Å². The van der Waals surface area contributed by atoms with Gasteiger partial charge in [0, 0.05) is 18.4 Å². The van der Waals surface area contributed by atoms with Crippen molar-refractivity contribution < 1.29 is 4.74 Å². The summed E-state index contributed by atoms with van der Waals surface area (Å²) in [6, 6.07) is 10.3. The molecule has 1 heterocycles. The quantitative estimate of drug-likeness (QED) is 0.616.